The normalized spacial score (nSPS) is 11.9. The van der Waals surface area contributed by atoms with Gasteiger partial charge in [0, 0.05) is 27.5 Å². The first-order valence-corrected chi connectivity index (χ1v) is 19.4. The zero-order valence-corrected chi connectivity index (χ0v) is 30.8. The Morgan fingerprint density at radius 1 is 0.298 bits per heavy atom. The van der Waals surface area contributed by atoms with E-state index in [9.17, 15) is 0 Å². The molecular formula is C54H32N2O. The van der Waals surface area contributed by atoms with Gasteiger partial charge >= 0.3 is 0 Å². The topological polar surface area (TPSA) is 38.9 Å². The van der Waals surface area contributed by atoms with Gasteiger partial charge in [-0.2, -0.15) is 0 Å². The molecular weight excluding hydrogens is 693 g/mol. The van der Waals surface area contributed by atoms with Crippen molar-refractivity contribution in [3.63, 3.8) is 0 Å². The summed E-state index contributed by atoms with van der Waals surface area (Å²) in [5.41, 5.74) is 16.4. The molecule has 0 saturated carbocycles. The van der Waals surface area contributed by atoms with Crippen LogP contribution >= 0.6 is 0 Å². The van der Waals surface area contributed by atoms with Crippen LogP contribution in [0.5, 0.6) is 0 Å². The fourth-order valence-corrected chi connectivity index (χ4v) is 8.95. The zero-order valence-electron chi connectivity index (χ0n) is 30.8. The van der Waals surface area contributed by atoms with Crippen LogP contribution < -0.4 is 0 Å². The average Bonchev–Trinajstić information content (AvgIpc) is 3.82. The molecule has 0 unspecified atom stereocenters. The minimum absolute atomic E-state index is 0.708. The van der Waals surface area contributed by atoms with Crippen molar-refractivity contribution >= 4 is 43.5 Å². The molecule has 0 radical (unpaired) electrons. The SMILES string of the molecule is c1ccc(-c2nc(-c3cccc(-c4cccc(-c5ccc6c(c5)-c5cccc7c5c-6cc5oc6ccccc6c57)c4)c3)cc(-c3cccc4ccccc34)n2)cc1. The van der Waals surface area contributed by atoms with E-state index in [4.69, 9.17) is 14.4 Å². The number of rotatable bonds is 5. The van der Waals surface area contributed by atoms with Gasteiger partial charge < -0.3 is 4.42 Å². The standard InChI is InChI=1S/C54H32N2O/c1-2-13-34(14-3-1)54-55-48(32-49(56-54)42-22-10-15-33-12-4-5-20-40(33)42)39-19-9-18-37(29-39)35-16-8-17-36(28-35)38-26-27-41-46(30-38)43-23-11-24-45-52(43)47(41)31-51-53(45)44-21-6-7-25-50(44)57-51/h1-32H. The Labute approximate surface area is 329 Å². The molecule has 2 heterocycles. The Kier molecular flexibility index (Phi) is 6.93. The van der Waals surface area contributed by atoms with Crippen LogP contribution in [-0.4, -0.2) is 9.97 Å². The third kappa shape index (κ3) is 5.06. The largest absolute Gasteiger partial charge is 0.456 e. The molecule has 0 N–H and O–H groups in total. The number of hydrogen-bond acceptors (Lipinski definition) is 3. The molecule has 57 heavy (non-hydrogen) atoms. The third-order valence-corrected chi connectivity index (χ3v) is 11.6. The lowest BCUT2D eigenvalue weighted by molar-refractivity contribution is 0.669. The summed E-state index contributed by atoms with van der Waals surface area (Å²) < 4.78 is 6.39. The minimum Gasteiger partial charge on any atom is -0.456 e. The van der Waals surface area contributed by atoms with E-state index >= 15 is 0 Å². The van der Waals surface area contributed by atoms with Gasteiger partial charge in [-0.1, -0.05) is 158 Å². The van der Waals surface area contributed by atoms with Crippen LogP contribution in [0.25, 0.3) is 122 Å². The number of para-hydroxylation sites is 1. The maximum atomic E-state index is 6.39. The van der Waals surface area contributed by atoms with E-state index in [1.807, 2.05) is 24.3 Å². The highest BCUT2D eigenvalue weighted by Crippen LogP contribution is 2.51. The van der Waals surface area contributed by atoms with Crippen molar-refractivity contribution in [2.75, 3.05) is 0 Å². The number of furan rings is 1. The number of fused-ring (bicyclic) bond motifs is 8. The summed E-state index contributed by atoms with van der Waals surface area (Å²) in [6, 6.07) is 69.1. The average molecular weight is 725 g/mol. The second kappa shape index (κ2) is 12.5. The van der Waals surface area contributed by atoms with E-state index < -0.39 is 0 Å². The van der Waals surface area contributed by atoms with Crippen molar-refractivity contribution in [1.29, 1.82) is 0 Å². The molecule has 11 aromatic rings. The van der Waals surface area contributed by atoms with Crippen LogP contribution in [-0.2, 0) is 0 Å². The highest BCUT2D eigenvalue weighted by Gasteiger charge is 2.25. The molecule has 1 aliphatic rings. The van der Waals surface area contributed by atoms with Crippen molar-refractivity contribution in [3.8, 4) is 78.4 Å². The van der Waals surface area contributed by atoms with Crippen molar-refractivity contribution in [2.24, 2.45) is 0 Å². The van der Waals surface area contributed by atoms with Gasteiger partial charge in [-0.15, -0.1) is 0 Å². The number of hydrogen-bond donors (Lipinski definition) is 0. The van der Waals surface area contributed by atoms with Gasteiger partial charge in [0.2, 0.25) is 0 Å². The molecule has 3 nitrogen and oxygen atoms in total. The summed E-state index contributed by atoms with van der Waals surface area (Å²) in [6.07, 6.45) is 0. The van der Waals surface area contributed by atoms with Gasteiger partial charge in [0.25, 0.3) is 0 Å². The Balaban J connectivity index is 0.942. The number of benzene rings is 9. The van der Waals surface area contributed by atoms with E-state index in [0.29, 0.717) is 5.82 Å². The molecule has 0 bridgehead atoms. The fourth-order valence-electron chi connectivity index (χ4n) is 8.95. The molecule has 0 aliphatic heterocycles. The lowest BCUT2D eigenvalue weighted by Crippen LogP contribution is -1.96. The fraction of sp³-hybridized carbons (Fsp3) is 0. The molecule has 9 aromatic carbocycles. The van der Waals surface area contributed by atoms with E-state index in [1.165, 1.54) is 60.3 Å². The Morgan fingerprint density at radius 2 is 0.912 bits per heavy atom. The van der Waals surface area contributed by atoms with Gasteiger partial charge in [0.15, 0.2) is 5.82 Å². The van der Waals surface area contributed by atoms with Crippen LogP contribution in [0.1, 0.15) is 0 Å². The molecule has 264 valence electrons. The summed E-state index contributed by atoms with van der Waals surface area (Å²) in [5, 5.41) is 7.26. The predicted molar refractivity (Wildman–Crippen MR) is 236 cm³/mol. The number of aromatic nitrogens is 2. The molecule has 0 atom stereocenters. The van der Waals surface area contributed by atoms with Gasteiger partial charge in [0.05, 0.1) is 11.4 Å². The third-order valence-electron chi connectivity index (χ3n) is 11.6. The summed E-state index contributed by atoms with van der Waals surface area (Å²) in [4.78, 5) is 10.3. The Bertz CT molecular complexity index is 3410. The Morgan fingerprint density at radius 3 is 1.77 bits per heavy atom. The van der Waals surface area contributed by atoms with Crippen LogP contribution in [0.2, 0.25) is 0 Å². The Hall–Kier alpha value is -7.62. The van der Waals surface area contributed by atoms with Crippen LogP contribution in [0, 0.1) is 0 Å². The van der Waals surface area contributed by atoms with Gasteiger partial charge in [-0.3, -0.25) is 0 Å². The van der Waals surface area contributed by atoms with E-state index in [-0.39, 0.29) is 0 Å². The summed E-state index contributed by atoms with van der Waals surface area (Å²) in [7, 11) is 0. The number of nitrogens with zero attached hydrogens (tertiary/aromatic N) is 2. The minimum atomic E-state index is 0.708. The van der Waals surface area contributed by atoms with E-state index in [0.717, 1.165) is 55.8 Å². The first kappa shape index (κ1) is 31.7. The maximum Gasteiger partial charge on any atom is 0.160 e. The van der Waals surface area contributed by atoms with Gasteiger partial charge in [0.1, 0.15) is 11.2 Å². The molecule has 12 rings (SSSR count). The quantitative estimate of drug-likeness (QED) is 0.177. The van der Waals surface area contributed by atoms with Crippen molar-refractivity contribution in [1.82, 2.24) is 9.97 Å². The van der Waals surface area contributed by atoms with E-state index in [1.54, 1.807) is 0 Å². The van der Waals surface area contributed by atoms with E-state index in [2.05, 4.69) is 170 Å². The molecule has 3 heteroatoms. The lowest BCUT2D eigenvalue weighted by Gasteiger charge is -2.12. The van der Waals surface area contributed by atoms with Crippen LogP contribution in [0.15, 0.2) is 199 Å². The summed E-state index contributed by atoms with van der Waals surface area (Å²) >= 11 is 0. The van der Waals surface area contributed by atoms with Crippen LogP contribution in [0.3, 0.4) is 0 Å². The summed E-state index contributed by atoms with van der Waals surface area (Å²) in [6.45, 7) is 0. The molecule has 2 aromatic heterocycles. The monoisotopic (exact) mass is 724 g/mol. The second-order valence-electron chi connectivity index (χ2n) is 14.9. The maximum absolute atomic E-state index is 6.39. The molecule has 0 fully saturated rings. The van der Waals surface area contributed by atoms with Crippen molar-refractivity contribution in [2.45, 2.75) is 0 Å². The predicted octanol–water partition coefficient (Wildman–Crippen LogP) is 14.7. The smallest absolute Gasteiger partial charge is 0.160 e. The lowest BCUT2D eigenvalue weighted by atomic mass is 9.94. The van der Waals surface area contributed by atoms with Crippen molar-refractivity contribution in [3.05, 3.63) is 194 Å². The molecule has 0 saturated heterocycles. The molecule has 1 aliphatic carbocycles. The first-order valence-electron chi connectivity index (χ1n) is 19.4. The van der Waals surface area contributed by atoms with Crippen molar-refractivity contribution < 1.29 is 4.42 Å². The highest BCUT2D eigenvalue weighted by atomic mass is 16.3. The first-order chi connectivity index (χ1) is 28.2. The van der Waals surface area contributed by atoms with Crippen LogP contribution in [0.4, 0.5) is 0 Å². The zero-order chi connectivity index (χ0) is 37.5. The van der Waals surface area contributed by atoms with Gasteiger partial charge in [-0.25, -0.2) is 9.97 Å². The highest BCUT2D eigenvalue weighted by molar-refractivity contribution is 6.28. The van der Waals surface area contributed by atoms with Gasteiger partial charge in [-0.05, 0) is 102 Å². The molecule has 0 spiro atoms. The second-order valence-corrected chi connectivity index (χ2v) is 14.9. The molecule has 0 amide bonds. The summed E-state index contributed by atoms with van der Waals surface area (Å²) in [5.74, 6) is 0.708.